The average Bonchev–Trinajstić information content (AvgIpc) is 2.63. The minimum absolute atomic E-state index is 0.137. The number of piperazine rings is 1. The Labute approximate surface area is 144 Å². The van der Waals surface area contributed by atoms with Gasteiger partial charge >= 0.3 is 0 Å². The molecule has 4 nitrogen and oxygen atoms in total. The molecule has 2 aromatic carbocycles. The molecule has 0 bridgehead atoms. The number of rotatable bonds is 5. The second-order valence-electron chi connectivity index (χ2n) is 6.12. The molecule has 0 amide bonds. The topological polar surface area (TPSA) is 40.6 Å². The van der Waals surface area contributed by atoms with Crippen molar-refractivity contribution in [1.29, 1.82) is 0 Å². The van der Waals surface area contributed by atoms with Crippen LogP contribution >= 0.6 is 0 Å². The van der Waals surface area contributed by atoms with Crippen molar-refractivity contribution in [3.8, 4) is 0 Å². The van der Waals surface area contributed by atoms with Crippen LogP contribution in [0.1, 0.15) is 12.5 Å². The molecule has 0 aliphatic carbocycles. The Morgan fingerprint density at radius 1 is 0.875 bits per heavy atom. The van der Waals surface area contributed by atoms with Gasteiger partial charge in [0.05, 0.1) is 16.3 Å². The predicted octanol–water partition coefficient (Wildman–Crippen LogP) is 2.80. The van der Waals surface area contributed by atoms with Gasteiger partial charge in [0, 0.05) is 32.7 Å². The zero-order chi connectivity index (χ0) is 17.0. The van der Waals surface area contributed by atoms with E-state index in [9.17, 15) is 8.42 Å². The van der Waals surface area contributed by atoms with Crippen molar-refractivity contribution in [3.05, 3.63) is 60.2 Å². The summed E-state index contributed by atoms with van der Waals surface area (Å²) in [6.07, 6.45) is 0. The van der Waals surface area contributed by atoms with Crippen LogP contribution in [0.25, 0.3) is 0 Å². The molecule has 1 aliphatic rings. The monoisotopic (exact) mass is 344 g/mol. The summed E-state index contributed by atoms with van der Waals surface area (Å²) in [7, 11) is -3.20. The summed E-state index contributed by atoms with van der Waals surface area (Å²) in [4.78, 5) is 5.08. The van der Waals surface area contributed by atoms with E-state index in [2.05, 4.69) is 34.1 Å². The third-order valence-corrected chi connectivity index (χ3v) is 6.32. The fraction of sp³-hybridized carbons (Fsp3) is 0.368. The van der Waals surface area contributed by atoms with Crippen LogP contribution in [0.15, 0.2) is 59.5 Å². The smallest absolute Gasteiger partial charge is 0.180 e. The summed E-state index contributed by atoms with van der Waals surface area (Å²) >= 11 is 0. The summed E-state index contributed by atoms with van der Waals surface area (Å²) < 4.78 is 24.7. The highest BCUT2D eigenvalue weighted by molar-refractivity contribution is 7.91. The number of anilines is 1. The maximum absolute atomic E-state index is 12.3. The Morgan fingerprint density at radius 3 is 2.17 bits per heavy atom. The standard InChI is InChI=1S/C19H24N2O2S/c1-2-24(22,23)19-11-7-6-10-18(19)21-14-12-20(13-15-21)16-17-8-4-3-5-9-17/h3-11H,2,12-16H2,1H3. The Kier molecular flexibility index (Phi) is 5.21. The molecule has 3 rings (SSSR count). The van der Waals surface area contributed by atoms with Gasteiger partial charge in [-0.05, 0) is 17.7 Å². The number of hydrogen-bond acceptors (Lipinski definition) is 4. The van der Waals surface area contributed by atoms with Crippen LogP contribution in [0, 0.1) is 0 Å². The lowest BCUT2D eigenvalue weighted by atomic mass is 10.2. The van der Waals surface area contributed by atoms with E-state index in [1.165, 1.54) is 5.56 Å². The lowest BCUT2D eigenvalue weighted by Crippen LogP contribution is -2.46. The van der Waals surface area contributed by atoms with Crippen LogP contribution < -0.4 is 4.90 Å². The van der Waals surface area contributed by atoms with Crippen LogP contribution in [-0.2, 0) is 16.4 Å². The van der Waals surface area contributed by atoms with E-state index < -0.39 is 9.84 Å². The average molecular weight is 344 g/mol. The van der Waals surface area contributed by atoms with Gasteiger partial charge in [-0.3, -0.25) is 4.90 Å². The quantitative estimate of drug-likeness (QED) is 0.836. The van der Waals surface area contributed by atoms with Gasteiger partial charge < -0.3 is 4.90 Å². The van der Waals surface area contributed by atoms with Gasteiger partial charge in [-0.1, -0.05) is 49.4 Å². The Bertz CT molecular complexity index is 767. The first-order valence-corrected chi connectivity index (χ1v) is 10.1. The highest BCUT2D eigenvalue weighted by Crippen LogP contribution is 2.27. The normalized spacial score (nSPS) is 16.3. The first-order valence-electron chi connectivity index (χ1n) is 8.43. The predicted molar refractivity (Wildman–Crippen MR) is 98.1 cm³/mol. The molecule has 0 aromatic heterocycles. The number of sulfone groups is 1. The molecule has 0 atom stereocenters. The van der Waals surface area contributed by atoms with Crippen molar-refractivity contribution in [2.75, 3.05) is 36.8 Å². The van der Waals surface area contributed by atoms with E-state index in [0.717, 1.165) is 38.4 Å². The van der Waals surface area contributed by atoms with Gasteiger partial charge in [0.1, 0.15) is 0 Å². The molecular weight excluding hydrogens is 320 g/mol. The van der Waals surface area contributed by atoms with Crippen molar-refractivity contribution in [2.45, 2.75) is 18.4 Å². The molecule has 128 valence electrons. The molecule has 0 N–H and O–H groups in total. The molecule has 1 fully saturated rings. The van der Waals surface area contributed by atoms with Crippen molar-refractivity contribution >= 4 is 15.5 Å². The molecule has 0 spiro atoms. The van der Waals surface area contributed by atoms with Gasteiger partial charge in [-0.25, -0.2) is 8.42 Å². The molecule has 0 radical (unpaired) electrons. The summed E-state index contributed by atoms with van der Waals surface area (Å²) in [5.74, 6) is 0.137. The van der Waals surface area contributed by atoms with E-state index in [1.807, 2.05) is 18.2 Å². The molecule has 0 unspecified atom stereocenters. The van der Waals surface area contributed by atoms with Crippen molar-refractivity contribution in [2.24, 2.45) is 0 Å². The molecular formula is C19H24N2O2S. The first-order chi connectivity index (χ1) is 11.6. The summed E-state index contributed by atoms with van der Waals surface area (Å²) in [6, 6.07) is 17.8. The Hall–Kier alpha value is -1.85. The maximum Gasteiger partial charge on any atom is 0.180 e. The molecule has 1 saturated heterocycles. The van der Waals surface area contributed by atoms with Gasteiger partial charge in [-0.15, -0.1) is 0 Å². The fourth-order valence-corrected chi connectivity index (χ4v) is 4.24. The highest BCUT2D eigenvalue weighted by Gasteiger charge is 2.23. The number of hydrogen-bond donors (Lipinski definition) is 0. The maximum atomic E-state index is 12.3. The molecule has 1 aliphatic heterocycles. The van der Waals surface area contributed by atoms with Crippen molar-refractivity contribution < 1.29 is 8.42 Å². The number of benzene rings is 2. The highest BCUT2D eigenvalue weighted by atomic mass is 32.2. The van der Waals surface area contributed by atoms with Gasteiger partial charge in [0.15, 0.2) is 9.84 Å². The molecule has 2 aromatic rings. The fourth-order valence-electron chi connectivity index (χ4n) is 3.13. The SMILES string of the molecule is CCS(=O)(=O)c1ccccc1N1CCN(Cc2ccccc2)CC1. The van der Waals surface area contributed by atoms with Crippen LogP contribution in [0.2, 0.25) is 0 Å². The van der Waals surface area contributed by atoms with Crippen molar-refractivity contribution in [3.63, 3.8) is 0 Å². The van der Waals surface area contributed by atoms with E-state index in [-0.39, 0.29) is 5.75 Å². The summed E-state index contributed by atoms with van der Waals surface area (Å²) in [5.41, 5.74) is 2.17. The Balaban J connectivity index is 1.69. The van der Waals surface area contributed by atoms with Crippen LogP contribution in [0.5, 0.6) is 0 Å². The largest absolute Gasteiger partial charge is 0.368 e. The van der Waals surface area contributed by atoms with Crippen molar-refractivity contribution in [1.82, 2.24) is 4.90 Å². The summed E-state index contributed by atoms with van der Waals surface area (Å²) in [5, 5.41) is 0. The lowest BCUT2D eigenvalue weighted by Gasteiger charge is -2.36. The summed E-state index contributed by atoms with van der Waals surface area (Å²) in [6.45, 7) is 6.23. The van der Waals surface area contributed by atoms with Crippen LogP contribution in [-0.4, -0.2) is 45.2 Å². The van der Waals surface area contributed by atoms with Gasteiger partial charge in [0.25, 0.3) is 0 Å². The lowest BCUT2D eigenvalue weighted by molar-refractivity contribution is 0.249. The minimum Gasteiger partial charge on any atom is -0.368 e. The molecule has 5 heteroatoms. The third kappa shape index (κ3) is 3.79. The first kappa shape index (κ1) is 17.0. The second-order valence-corrected chi connectivity index (χ2v) is 8.37. The van der Waals surface area contributed by atoms with E-state index in [1.54, 1.807) is 19.1 Å². The zero-order valence-corrected chi connectivity index (χ0v) is 14.9. The Morgan fingerprint density at radius 2 is 1.50 bits per heavy atom. The molecule has 24 heavy (non-hydrogen) atoms. The van der Waals surface area contributed by atoms with E-state index in [0.29, 0.717) is 4.90 Å². The van der Waals surface area contributed by atoms with E-state index in [4.69, 9.17) is 0 Å². The second kappa shape index (κ2) is 7.36. The van der Waals surface area contributed by atoms with Gasteiger partial charge in [-0.2, -0.15) is 0 Å². The molecule has 0 saturated carbocycles. The minimum atomic E-state index is -3.20. The van der Waals surface area contributed by atoms with Crippen LogP contribution in [0.3, 0.4) is 0 Å². The third-order valence-electron chi connectivity index (χ3n) is 4.54. The zero-order valence-electron chi connectivity index (χ0n) is 14.1. The van der Waals surface area contributed by atoms with E-state index >= 15 is 0 Å². The number of nitrogens with zero attached hydrogens (tertiary/aromatic N) is 2. The van der Waals surface area contributed by atoms with Crippen LogP contribution in [0.4, 0.5) is 5.69 Å². The number of para-hydroxylation sites is 1. The molecule has 1 heterocycles. The van der Waals surface area contributed by atoms with Gasteiger partial charge in [0.2, 0.25) is 0 Å².